The highest BCUT2D eigenvalue weighted by molar-refractivity contribution is 5.73. The lowest BCUT2D eigenvalue weighted by atomic mass is 10.0. The molecule has 23 heavy (non-hydrogen) atoms. The molecule has 0 aliphatic rings. The van der Waals surface area contributed by atoms with Gasteiger partial charge in [0.25, 0.3) is 0 Å². The normalized spacial score (nSPS) is 12.1. The first-order chi connectivity index (χ1) is 11.3. The van der Waals surface area contributed by atoms with Crippen molar-refractivity contribution in [2.45, 2.75) is 12.8 Å². The van der Waals surface area contributed by atoms with Crippen LogP contribution < -0.4 is 0 Å². The minimum absolute atomic E-state index is 0.133. The van der Waals surface area contributed by atoms with Crippen molar-refractivity contribution in [1.82, 2.24) is 0 Å². The second-order valence-electron chi connectivity index (χ2n) is 5.11. The molecule has 0 aliphatic carbocycles. The van der Waals surface area contributed by atoms with Crippen molar-refractivity contribution in [3.63, 3.8) is 0 Å². The zero-order chi connectivity index (χ0) is 16.3. The minimum Gasteiger partial charge on any atom is -0.481 e. The van der Waals surface area contributed by atoms with Gasteiger partial charge in [0.1, 0.15) is 0 Å². The lowest BCUT2D eigenvalue weighted by Crippen LogP contribution is -1.95. The Bertz CT molecular complexity index is 695. The van der Waals surface area contributed by atoms with E-state index < -0.39 is 5.97 Å². The quantitative estimate of drug-likeness (QED) is 0.713. The van der Waals surface area contributed by atoms with Crippen LogP contribution in [0.2, 0.25) is 0 Å². The molecule has 0 saturated heterocycles. The van der Waals surface area contributed by atoms with Crippen LogP contribution in [0.5, 0.6) is 0 Å². The van der Waals surface area contributed by atoms with Gasteiger partial charge in [-0.25, -0.2) is 0 Å². The predicted octanol–water partition coefficient (Wildman–Crippen LogP) is 5.20. The van der Waals surface area contributed by atoms with E-state index in [0.717, 1.165) is 16.7 Å². The van der Waals surface area contributed by atoms with E-state index in [2.05, 4.69) is 0 Å². The van der Waals surface area contributed by atoms with Gasteiger partial charge in [0, 0.05) is 6.42 Å². The molecule has 2 nitrogen and oxygen atoms in total. The van der Waals surface area contributed by atoms with Crippen LogP contribution in [0.3, 0.4) is 0 Å². The Morgan fingerprint density at radius 1 is 0.826 bits per heavy atom. The van der Waals surface area contributed by atoms with Crippen LogP contribution in [0.15, 0.2) is 85.0 Å². The maximum absolute atomic E-state index is 10.8. The van der Waals surface area contributed by atoms with E-state index in [1.165, 1.54) is 0 Å². The van der Waals surface area contributed by atoms with Crippen LogP contribution in [-0.2, 0) is 4.79 Å². The van der Waals surface area contributed by atoms with Crippen LogP contribution in [0.1, 0.15) is 24.0 Å². The van der Waals surface area contributed by atoms with Gasteiger partial charge in [-0.2, -0.15) is 0 Å². The van der Waals surface area contributed by atoms with Gasteiger partial charge in [-0.15, -0.1) is 0 Å². The topological polar surface area (TPSA) is 37.3 Å². The second kappa shape index (κ2) is 9.21. The Hall–Kier alpha value is -2.87. The lowest BCUT2D eigenvalue weighted by molar-refractivity contribution is -0.136. The highest BCUT2D eigenvalue weighted by atomic mass is 16.4. The van der Waals surface area contributed by atoms with E-state index in [1.807, 2.05) is 91.0 Å². The van der Waals surface area contributed by atoms with Crippen molar-refractivity contribution >= 4 is 17.6 Å². The van der Waals surface area contributed by atoms with Crippen LogP contribution >= 0.6 is 0 Å². The zero-order valence-electron chi connectivity index (χ0n) is 12.9. The Balaban J connectivity index is 2.06. The average molecular weight is 304 g/mol. The molecule has 0 bridgehead atoms. The summed E-state index contributed by atoms with van der Waals surface area (Å²) in [5, 5.41) is 8.89. The number of benzene rings is 2. The lowest BCUT2D eigenvalue weighted by Gasteiger charge is -2.05. The number of hydrogen-bond acceptors (Lipinski definition) is 1. The molecule has 0 heterocycles. The summed E-state index contributed by atoms with van der Waals surface area (Å²) in [6.45, 7) is 0. The highest BCUT2D eigenvalue weighted by Crippen LogP contribution is 2.19. The third kappa shape index (κ3) is 6.18. The molecule has 0 saturated carbocycles. The zero-order valence-corrected chi connectivity index (χ0v) is 12.9. The maximum Gasteiger partial charge on any atom is 0.303 e. The van der Waals surface area contributed by atoms with E-state index >= 15 is 0 Å². The number of aliphatic carboxylic acids is 1. The molecular weight excluding hydrogens is 284 g/mol. The molecule has 0 amide bonds. The van der Waals surface area contributed by atoms with Crippen LogP contribution in [-0.4, -0.2) is 11.1 Å². The standard InChI is InChI=1S/C21H20O2/c22-21(23)17-16-20(19-13-8-3-9-14-19)15-7-2-6-12-18-10-4-1-5-11-18/h1-15H,16-17H2,(H,22,23). The van der Waals surface area contributed by atoms with Gasteiger partial charge < -0.3 is 5.11 Å². The second-order valence-corrected chi connectivity index (χ2v) is 5.11. The molecule has 2 aromatic rings. The summed E-state index contributed by atoms with van der Waals surface area (Å²) in [7, 11) is 0. The van der Waals surface area contributed by atoms with E-state index in [0.29, 0.717) is 6.42 Å². The Kier molecular flexibility index (Phi) is 6.61. The number of carboxylic acids is 1. The van der Waals surface area contributed by atoms with Crippen LogP contribution in [0.4, 0.5) is 0 Å². The van der Waals surface area contributed by atoms with Crippen molar-refractivity contribution in [3.8, 4) is 0 Å². The van der Waals surface area contributed by atoms with Gasteiger partial charge in [0.05, 0.1) is 0 Å². The number of allylic oxidation sites excluding steroid dienone is 5. The third-order valence-electron chi connectivity index (χ3n) is 3.36. The summed E-state index contributed by atoms with van der Waals surface area (Å²) in [6.07, 6.45) is 10.5. The Morgan fingerprint density at radius 2 is 1.48 bits per heavy atom. The van der Waals surface area contributed by atoms with Gasteiger partial charge in [-0.3, -0.25) is 4.79 Å². The molecule has 116 valence electrons. The first-order valence-corrected chi connectivity index (χ1v) is 7.62. The minimum atomic E-state index is -0.778. The van der Waals surface area contributed by atoms with Crippen molar-refractivity contribution in [1.29, 1.82) is 0 Å². The smallest absolute Gasteiger partial charge is 0.303 e. The molecule has 2 heteroatoms. The molecule has 0 aliphatic heterocycles. The van der Waals surface area contributed by atoms with Crippen LogP contribution in [0, 0.1) is 0 Å². The van der Waals surface area contributed by atoms with Crippen molar-refractivity contribution in [2.24, 2.45) is 0 Å². The van der Waals surface area contributed by atoms with Gasteiger partial charge in [-0.05, 0) is 23.1 Å². The Morgan fingerprint density at radius 3 is 2.13 bits per heavy atom. The van der Waals surface area contributed by atoms with Gasteiger partial charge in [0.15, 0.2) is 0 Å². The van der Waals surface area contributed by atoms with E-state index in [-0.39, 0.29) is 6.42 Å². The van der Waals surface area contributed by atoms with Crippen LogP contribution in [0.25, 0.3) is 11.6 Å². The SMILES string of the molecule is O=C(O)CCC(=CC=CC=Cc1ccccc1)c1ccccc1. The van der Waals surface area contributed by atoms with Crippen molar-refractivity contribution in [2.75, 3.05) is 0 Å². The molecule has 0 spiro atoms. The van der Waals surface area contributed by atoms with Gasteiger partial charge >= 0.3 is 5.97 Å². The summed E-state index contributed by atoms with van der Waals surface area (Å²) in [6, 6.07) is 20.0. The van der Waals surface area contributed by atoms with Gasteiger partial charge in [0.2, 0.25) is 0 Å². The van der Waals surface area contributed by atoms with E-state index in [1.54, 1.807) is 0 Å². The fourth-order valence-electron chi connectivity index (χ4n) is 2.18. The van der Waals surface area contributed by atoms with E-state index in [4.69, 9.17) is 5.11 Å². The largest absolute Gasteiger partial charge is 0.481 e. The molecule has 0 radical (unpaired) electrons. The number of hydrogen-bond donors (Lipinski definition) is 1. The van der Waals surface area contributed by atoms with Crippen molar-refractivity contribution in [3.05, 3.63) is 96.1 Å². The number of carboxylic acid groups (broad SMARTS) is 1. The first-order valence-electron chi connectivity index (χ1n) is 7.62. The molecule has 1 N–H and O–H groups in total. The fourth-order valence-corrected chi connectivity index (χ4v) is 2.18. The average Bonchev–Trinajstić information content (AvgIpc) is 2.59. The summed E-state index contributed by atoms with van der Waals surface area (Å²) < 4.78 is 0. The summed E-state index contributed by atoms with van der Waals surface area (Å²) in [4.78, 5) is 10.8. The fraction of sp³-hybridized carbons (Fsp3) is 0.0952. The Labute approximate surface area is 137 Å². The molecule has 2 aromatic carbocycles. The monoisotopic (exact) mass is 304 g/mol. The summed E-state index contributed by atoms with van der Waals surface area (Å²) in [5.74, 6) is -0.778. The molecule has 2 rings (SSSR count). The third-order valence-corrected chi connectivity index (χ3v) is 3.36. The predicted molar refractivity (Wildman–Crippen MR) is 95.9 cm³/mol. The molecule has 0 unspecified atom stereocenters. The summed E-state index contributed by atoms with van der Waals surface area (Å²) in [5.41, 5.74) is 3.23. The highest BCUT2D eigenvalue weighted by Gasteiger charge is 2.03. The summed E-state index contributed by atoms with van der Waals surface area (Å²) >= 11 is 0. The maximum atomic E-state index is 10.8. The first kappa shape index (κ1) is 16.5. The van der Waals surface area contributed by atoms with E-state index in [9.17, 15) is 4.79 Å². The van der Waals surface area contributed by atoms with Gasteiger partial charge in [-0.1, -0.05) is 91.0 Å². The number of carbonyl (C=O) groups is 1. The molecule has 0 atom stereocenters. The molecule has 0 aromatic heterocycles. The molecular formula is C21H20O2. The van der Waals surface area contributed by atoms with Crippen molar-refractivity contribution < 1.29 is 9.90 Å². The number of rotatable bonds is 7. The molecule has 0 fully saturated rings.